The maximum atomic E-state index is 12.2. The van der Waals surface area contributed by atoms with Gasteiger partial charge in [-0.1, -0.05) is 5.16 Å². The number of amides is 1. The second-order valence-corrected chi connectivity index (χ2v) is 5.41. The lowest BCUT2D eigenvalue weighted by Crippen LogP contribution is -2.15. The maximum absolute atomic E-state index is 12.2. The molecule has 0 aliphatic heterocycles. The lowest BCUT2D eigenvalue weighted by atomic mass is 10.1. The van der Waals surface area contributed by atoms with Crippen LogP contribution < -0.4 is 11.1 Å². The third-order valence-electron chi connectivity index (χ3n) is 3.67. The van der Waals surface area contributed by atoms with Crippen molar-refractivity contribution in [2.75, 3.05) is 5.32 Å². The van der Waals surface area contributed by atoms with Crippen molar-refractivity contribution in [1.82, 2.24) is 20.3 Å². The van der Waals surface area contributed by atoms with Crippen LogP contribution in [-0.2, 0) is 17.8 Å². The summed E-state index contributed by atoms with van der Waals surface area (Å²) in [6, 6.07) is 7.29. The molecule has 0 aliphatic rings. The topological polar surface area (TPSA) is 123 Å². The van der Waals surface area contributed by atoms with Crippen LogP contribution >= 0.6 is 12.4 Å². The minimum absolute atomic E-state index is 0. The summed E-state index contributed by atoms with van der Waals surface area (Å²) in [7, 11) is 0. The fourth-order valence-electron chi connectivity index (χ4n) is 2.34. The van der Waals surface area contributed by atoms with Crippen molar-refractivity contribution in [2.24, 2.45) is 5.73 Å². The van der Waals surface area contributed by atoms with Gasteiger partial charge in [-0.15, -0.1) is 12.4 Å². The Kier molecular flexibility index (Phi) is 5.89. The number of hydrogen-bond acceptors (Lipinski definition) is 6. The second-order valence-electron chi connectivity index (χ2n) is 5.41. The van der Waals surface area contributed by atoms with Crippen molar-refractivity contribution in [3.63, 3.8) is 0 Å². The molecule has 0 radical (unpaired) electrons. The average molecular weight is 363 g/mol. The highest BCUT2D eigenvalue weighted by Gasteiger charge is 2.13. The summed E-state index contributed by atoms with van der Waals surface area (Å²) in [5.41, 5.74) is 8.60. The molecular weight excluding hydrogens is 344 g/mol. The minimum atomic E-state index is -0.125. The molecule has 25 heavy (non-hydrogen) atoms. The summed E-state index contributed by atoms with van der Waals surface area (Å²) in [6.45, 7) is 3.92. The van der Waals surface area contributed by atoms with Gasteiger partial charge >= 0.3 is 0 Å². The van der Waals surface area contributed by atoms with Crippen molar-refractivity contribution in [3.8, 4) is 11.4 Å². The highest BCUT2D eigenvalue weighted by Crippen LogP contribution is 2.19. The number of carbonyl (C=O) groups excluding carboxylic acids is 1. The van der Waals surface area contributed by atoms with Crippen molar-refractivity contribution in [3.05, 3.63) is 47.1 Å². The zero-order chi connectivity index (χ0) is 17.1. The molecule has 0 spiro atoms. The van der Waals surface area contributed by atoms with Crippen LogP contribution in [0, 0.1) is 13.8 Å². The second kappa shape index (κ2) is 7.91. The number of anilines is 1. The molecule has 0 fully saturated rings. The minimum Gasteiger partial charge on any atom is -0.361 e. The maximum Gasteiger partial charge on any atom is 0.228 e. The Hall–Kier alpha value is -2.71. The summed E-state index contributed by atoms with van der Waals surface area (Å²) in [5, 5.41) is 13.6. The molecule has 8 nitrogen and oxygen atoms in total. The standard InChI is InChI=1S/C16H18N6O2.ClH/c1-9-13(10(2)24-22-9)7-15(23)18-12-5-3-11(4-6-12)16-19-14(8-17)20-21-16;/h3-6H,7-8,17H2,1-2H3,(H,18,23)(H,19,20,21);1H. The highest BCUT2D eigenvalue weighted by molar-refractivity contribution is 5.92. The third-order valence-corrected chi connectivity index (χ3v) is 3.67. The molecule has 0 bridgehead atoms. The molecule has 1 amide bonds. The lowest BCUT2D eigenvalue weighted by molar-refractivity contribution is -0.115. The largest absolute Gasteiger partial charge is 0.361 e. The van der Waals surface area contributed by atoms with E-state index < -0.39 is 0 Å². The van der Waals surface area contributed by atoms with Crippen LogP contribution in [0.1, 0.15) is 22.8 Å². The van der Waals surface area contributed by atoms with Gasteiger partial charge in [-0.2, -0.15) is 5.10 Å². The predicted octanol–water partition coefficient (Wildman–Crippen LogP) is 2.14. The van der Waals surface area contributed by atoms with E-state index >= 15 is 0 Å². The van der Waals surface area contributed by atoms with Gasteiger partial charge in [-0.25, -0.2) is 4.98 Å². The number of halogens is 1. The number of rotatable bonds is 5. The molecule has 0 saturated heterocycles. The van der Waals surface area contributed by atoms with E-state index in [1.807, 2.05) is 19.1 Å². The first-order chi connectivity index (χ1) is 11.6. The van der Waals surface area contributed by atoms with Crippen molar-refractivity contribution < 1.29 is 9.32 Å². The van der Waals surface area contributed by atoms with E-state index in [2.05, 4.69) is 25.7 Å². The smallest absolute Gasteiger partial charge is 0.228 e. The van der Waals surface area contributed by atoms with Crippen LogP contribution in [0.25, 0.3) is 11.4 Å². The Morgan fingerprint density at radius 2 is 2.00 bits per heavy atom. The SMILES string of the molecule is Cc1noc(C)c1CC(=O)Nc1ccc(-c2n[nH]c(CN)n2)cc1.Cl. The Labute approximate surface area is 150 Å². The quantitative estimate of drug-likeness (QED) is 0.639. The molecule has 9 heteroatoms. The molecule has 4 N–H and O–H groups in total. The van der Waals surface area contributed by atoms with E-state index in [1.165, 1.54) is 0 Å². The number of nitrogens with one attached hydrogen (secondary N) is 2. The molecule has 132 valence electrons. The third kappa shape index (κ3) is 4.23. The van der Waals surface area contributed by atoms with E-state index in [0.29, 0.717) is 29.6 Å². The van der Waals surface area contributed by atoms with Crippen LogP contribution in [-0.4, -0.2) is 26.2 Å². The average Bonchev–Trinajstić information content (AvgIpc) is 3.18. The molecule has 0 atom stereocenters. The van der Waals surface area contributed by atoms with E-state index in [-0.39, 0.29) is 24.7 Å². The van der Waals surface area contributed by atoms with Crippen LogP contribution in [0.15, 0.2) is 28.8 Å². The van der Waals surface area contributed by atoms with E-state index in [0.717, 1.165) is 16.8 Å². The van der Waals surface area contributed by atoms with Gasteiger partial charge in [-0.05, 0) is 38.1 Å². The molecule has 0 aliphatic carbocycles. The van der Waals surface area contributed by atoms with Gasteiger partial charge in [0, 0.05) is 16.8 Å². The predicted molar refractivity (Wildman–Crippen MR) is 95.3 cm³/mol. The van der Waals surface area contributed by atoms with Gasteiger partial charge < -0.3 is 15.6 Å². The summed E-state index contributed by atoms with van der Waals surface area (Å²) < 4.78 is 5.07. The van der Waals surface area contributed by atoms with Crippen LogP contribution in [0.4, 0.5) is 5.69 Å². The Morgan fingerprint density at radius 3 is 2.56 bits per heavy atom. The van der Waals surface area contributed by atoms with E-state index in [9.17, 15) is 4.79 Å². The van der Waals surface area contributed by atoms with Gasteiger partial charge in [0.2, 0.25) is 5.91 Å². The molecule has 0 saturated carbocycles. The van der Waals surface area contributed by atoms with E-state index in [4.69, 9.17) is 10.3 Å². The van der Waals surface area contributed by atoms with Crippen LogP contribution in [0.2, 0.25) is 0 Å². The number of hydrogen-bond donors (Lipinski definition) is 3. The number of benzene rings is 1. The Bertz CT molecular complexity index is 836. The molecule has 3 aromatic rings. The number of aromatic amines is 1. The first kappa shape index (κ1) is 18.6. The number of carbonyl (C=O) groups is 1. The summed E-state index contributed by atoms with van der Waals surface area (Å²) in [4.78, 5) is 16.4. The Morgan fingerprint density at radius 1 is 1.28 bits per heavy atom. The number of aryl methyl sites for hydroxylation is 2. The summed E-state index contributed by atoms with van der Waals surface area (Å²) >= 11 is 0. The fourth-order valence-corrected chi connectivity index (χ4v) is 2.34. The Balaban J connectivity index is 0.00000225. The van der Waals surface area contributed by atoms with Gasteiger partial charge in [0.05, 0.1) is 18.7 Å². The first-order valence-electron chi connectivity index (χ1n) is 7.50. The van der Waals surface area contributed by atoms with Crippen LogP contribution in [0.3, 0.4) is 0 Å². The number of H-pyrrole nitrogens is 1. The molecule has 2 aromatic heterocycles. The van der Waals surface area contributed by atoms with Crippen molar-refractivity contribution in [1.29, 1.82) is 0 Å². The fraction of sp³-hybridized carbons (Fsp3) is 0.250. The molecule has 1 aromatic carbocycles. The number of nitrogens with zero attached hydrogens (tertiary/aromatic N) is 3. The normalized spacial score (nSPS) is 10.4. The first-order valence-corrected chi connectivity index (χ1v) is 7.50. The monoisotopic (exact) mass is 362 g/mol. The summed E-state index contributed by atoms with van der Waals surface area (Å²) in [5.74, 6) is 1.74. The lowest BCUT2D eigenvalue weighted by Gasteiger charge is -2.05. The number of nitrogens with two attached hydrogens (primary N) is 1. The van der Waals surface area contributed by atoms with Crippen LogP contribution in [0.5, 0.6) is 0 Å². The number of aromatic nitrogens is 4. The zero-order valence-corrected chi connectivity index (χ0v) is 14.7. The zero-order valence-electron chi connectivity index (χ0n) is 13.9. The van der Waals surface area contributed by atoms with E-state index in [1.54, 1.807) is 19.1 Å². The van der Waals surface area contributed by atoms with Gasteiger partial charge in [0.25, 0.3) is 0 Å². The highest BCUT2D eigenvalue weighted by atomic mass is 35.5. The molecular formula is C16H19ClN6O2. The van der Waals surface area contributed by atoms with Gasteiger partial charge in [0.15, 0.2) is 5.82 Å². The van der Waals surface area contributed by atoms with Gasteiger partial charge in [0.1, 0.15) is 11.6 Å². The molecule has 2 heterocycles. The summed E-state index contributed by atoms with van der Waals surface area (Å²) in [6.07, 6.45) is 0.226. The van der Waals surface area contributed by atoms with Crippen molar-refractivity contribution >= 4 is 24.0 Å². The van der Waals surface area contributed by atoms with Gasteiger partial charge in [-0.3, -0.25) is 9.89 Å². The van der Waals surface area contributed by atoms with Crippen molar-refractivity contribution in [2.45, 2.75) is 26.8 Å². The molecule has 3 rings (SSSR count). The molecule has 0 unspecified atom stereocenters.